The minimum atomic E-state index is -0.875. The maximum absolute atomic E-state index is 11.3. The van der Waals surface area contributed by atoms with Gasteiger partial charge >= 0.3 is 5.97 Å². The summed E-state index contributed by atoms with van der Waals surface area (Å²) in [4.78, 5) is 11.3. The number of ether oxygens (including phenoxy) is 2. The number of hydrogen-bond donors (Lipinski definition) is 1. The highest BCUT2D eigenvalue weighted by Gasteiger charge is 2.28. The maximum atomic E-state index is 11.3. The number of rotatable bonds is 8. The second-order valence-electron chi connectivity index (χ2n) is 6.29. The summed E-state index contributed by atoms with van der Waals surface area (Å²) >= 11 is 0. The van der Waals surface area contributed by atoms with E-state index in [1.165, 1.54) is 7.11 Å². The zero-order valence-corrected chi connectivity index (χ0v) is 12.5. The van der Waals surface area contributed by atoms with Crippen molar-refractivity contribution in [3.63, 3.8) is 0 Å². The minimum absolute atomic E-state index is 0.320. The van der Waals surface area contributed by atoms with Crippen molar-refractivity contribution in [2.75, 3.05) is 20.3 Å². The van der Waals surface area contributed by atoms with Crippen molar-refractivity contribution in [1.29, 1.82) is 0 Å². The first-order valence-corrected chi connectivity index (χ1v) is 6.64. The van der Waals surface area contributed by atoms with Crippen molar-refractivity contribution in [2.45, 2.75) is 58.9 Å². The molecule has 18 heavy (non-hydrogen) atoms. The average Bonchev–Trinajstić information content (AvgIpc) is 2.25. The summed E-state index contributed by atoms with van der Waals surface area (Å²) in [6.45, 7) is 9.83. The Hall–Kier alpha value is -0.610. The summed E-state index contributed by atoms with van der Waals surface area (Å²) in [5.41, 5.74) is 5.30. The summed E-state index contributed by atoms with van der Waals surface area (Å²) in [5, 5.41) is 0. The Kier molecular flexibility index (Phi) is 7.48. The molecule has 4 nitrogen and oxygen atoms in total. The van der Waals surface area contributed by atoms with E-state index in [-0.39, 0.29) is 5.97 Å². The topological polar surface area (TPSA) is 61.5 Å². The van der Waals surface area contributed by atoms with Crippen molar-refractivity contribution in [3.8, 4) is 0 Å². The fourth-order valence-electron chi connectivity index (χ4n) is 1.51. The van der Waals surface area contributed by atoms with Crippen molar-refractivity contribution < 1.29 is 14.3 Å². The van der Waals surface area contributed by atoms with E-state index in [0.717, 1.165) is 32.5 Å². The number of unbranched alkanes of at least 4 members (excludes halogenated alkanes) is 1. The second-order valence-corrected chi connectivity index (χ2v) is 6.29. The van der Waals surface area contributed by atoms with E-state index >= 15 is 0 Å². The molecule has 0 aromatic carbocycles. The smallest absolute Gasteiger partial charge is 0.325 e. The van der Waals surface area contributed by atoms with E-state index in [0.29, 0.717) is 11.8 Å². The molecule has 0 radical (unpaired) electrons. The van der Waals surface area contributed by atoms with Crippen molar-refractivity contribution in [1.82, 2.24) is 0 Å². The lowest BCUT2D eigenvalue weighted by Gasteiger charge is -2.21. The quantitative estimate of drug-likeness (QED) is 0.537. The number of methoxy groups -OCH3 is 1. The van der Waals surface area contributed by atoms with Crippen LogP contribution in [0.3, 0.4) is 0 Å². The molecule has 0 heterocycles. The van der Waals surface area contributed by atoms with Crippen molar-refractivity contribution >= 4 is 5.97 Å². The first kappa shape index (κ1) is 17.4. The molecule has 0 fully saturated rings. The molecule has 0 saturated heterocycles. The lowest BCUT2D eigenvalue weighted by Crippen LogP contribution is -2.45. The summed E-state index contributed by atoms with van der Waals surface area (Å²) in [6, 6.07) is 0. The van der Waals surface area contributed by atoms with Gasteiger partial charge in [-0.3, -0.25) is 4.79 Å². The normalized spacial score (nSPS) is 15.2. The Bertz CT molecular complexity index is 244. The van der Waals surface area contributed by atoms with E-state index < -0.39 is 5.54 Å². The number of carbonyl (C=O) groups excluding carboxylic acids is 1. The minimum Gasteiger partial charge on any atom is -0.468 e. The van der Waals surface area contributed by atoms with Gasteiger partial charge in [0.25, 0.3) is 0 Å². The standard InChI is InChI=1S/C14H29NO3/c1-13(2,3)9-11-18-10-7-6-8-14(4,15)12(16)17-5/h6-11,15H2,1-5H3. The first-order valence-electron chi connectivity index (χ1n) is 6.64. The van der Waals surface area contributed by atoms with Gasteiger partial charge in [-0.15, -0.1) is 0 Å². The molecule has 4 heteroatoms. The monoisotopic (exact) mass is 259 g/mol. The molecule has 0 spiro atoms. The van der Waals surface area contributed by atoms with Crippen molar-refractivity contribution in [3.05, 3.63) is 0 Å². The van der Waals surface area contributed by atoms with E-state index in [1.807, 2.05) is 0 Å². The largest absolute Gasteiger partial charge is 0.468 e. The highest BCUT2D eigenvalue weighted by molar-refractivity contribution is 5.79. The van der Waals surface area contributed by atoms with Crippen LogP contribution in [0.1, 0.15) is 53.4 Å². The summed E-state index contributed by atoms with van der Waals surface area (Å²) < 4.78 is 10.2. The summed E-state index contributed by atoms with van der Waals surface area (Å²) in [6.07, 6.45) is 3.48. The predicted molar refractivity (Wildman–Crippen MR) is 73.4 cm³/mol. The van der Waals surface area contributed by atoms with Gasteiger partial charge in [0.2, 0.25) is 0 Å². The fraction of sp³-hybridized carbons (Fsp3) is 0.929. The molecule has 0 rings (SSSR count). The van der Waals surface area contributed by atoms with Gasteiger partial charge < -0.3 is 15.2 Å². The Morgan fingerprint density at radius 3 is 2.17 bits per heavy atom. The lowest BCUT2D eigenvalue weighted by atomic mass is 9.93. The van der Waals surface area contributed by atoms with Crippen LogP contribution in [-0.4, -0.2) is 31.8 Å². The van der Waals surface area contributed by atoms with Gasteiger partial charge in [-0.1, -0.05) is 20.8 Å². The average molecular weight is 259 g/mol. The molecule has 1 atom stereocenters. The van der Waals surface area contributed by atoms with Crippen LogP contribution in [0.4, 0.5) is 0 Å². The van der Waals surface area contributed by atoms with Crippen LogP contribution in [-0.2, 0) is 14.3 Å². The SMILES string of the molecule is COC(=O)C(C)(N)CCCCOCCC(C)(C)C. The summed E-state index contributed by atoms with van der Waals surface area (Å²) in [5.74, 6) is -0.351. The second kappa shape index (κ2) is 7.74. The Balaban J connectivity index is 3.54. The molecule has 0 aliphatic heterocycles. The maximum Gasteiger partial charge on any atom is 0.325 e. The van der Waals surface area contributed by atoms with E-state index in [9.17, 15) is 4.79 Å². The summed E-state index contributed by atoms with van der Waals surface area (Å²) in [7, 11) is 1.36. The highest BCUT2D eigenvalue weighted by atomic mass is 16.5. The highest BCUT2D eigenvalue weighted by Crippen LogP contribution is 2.18. The van der Waals surface area contributed by atoms with Crippen LogP contribution in [0.25, 0.3) is 0 Å². The molecular weight excluding hydrogens is 230 g/mol. The van der Waals surface area contributed by atoms with E-state index in [4.69, 9.17) is 10.5 Å². The van der Waals surface area contributed by atoms with Crippen LogP contribution in [0.2, 0.25) is 0 Å². The number of nitrogens with two attached hydrogens (primary N) is 1. The Morgan fingerprint density at radius 2 is 1.67 bits per heavy atom. The van der Waals surface area contributed by atoms with Gasteiger partial charge in [-0.25, -0.2) is 0 Å². The van der Waals surface area contributed by atoms with Crippen LogP contribution in [0.5, 0.6) is 0 Å². The van der Waals surface area contributed by atoms with Gasteiger partial charge in [-0.05, 0) is 38.0 Å². The van der Waals surface area contributed by atoms with Gasteiger partial charge in [0.15, 0.2) is 0 Å². The van der Waals surface area contributed by atoms with E-state index in [1.54, 1.807) is 6.92 Å². The molecule has 2 N–H and O–H groups in total. The molecule has 1 unspecified atom stereocenters. The molecular formula is C14H29NO3. The van der Waals surface area contributed by atoms with Crippen molar-refractivity contribution in [2.24, 2.45) is 11.1 Å². The first-order chi connectivity index (χ1) is 8.19. The van der Waals surface area contributed by atoms with Gasteiger partial charge in [0, 0.05) is 13.2 Å². The molecule has 0 bridgehead atoms. The molecule has 0 aliphatic carbocycles. The fourth-order valence-corrected chi connectivity index (χ4v) is 1.51. The third-order valence-corrected chi connectivity index (χ3v) is 2.88. The van der Waals surface area contributed by atoms with Crippen LogP contribution < -0.4 is 5.73 Å². The Morgan fingerprint density at radius 1 is 1.06 bits per heavy atom. The molecule has 0 amide bonds. The number of hydrogen-bond acceptors (Lipinski definition) is 4. The lowest BCUT2D eigenvalue weighted by molar-refractivity contribution is -0.146. The van der Waals surface area contributed by atoms with Gasteiger partial charge in [0.1, 0.15) is 5.54 Å². The van der Waals surface area contributed by atoms with Crippen LogP contribution in [0.15, 0.2) is 0 Å². The zero-order valence-electron chi connectivity index (χ0n) is 12.5. The molecule has 0 aromatic rings. The van der Waals surface area contributed by atoms with E-state index in [2.05, 4.69) is 25.5 Å². The molecule has 108 valence electrons. The Labute approximate surface area is 111 Å². The van der Waals surface area contributed by atoms with Gasteiger partial charge in [-0.2, -0.15) is 0 Å². The molecule has 0 aromatic heterocycles. The third kappa shape index (κ3) is 8.48. The van der Waals surface area contributed by atoms with Gasteiger partial charge in [0.05, 0.1) is 7.11 Å². The number of carbonyl (C=O) groups is 1. The van der Waals surface area contributed by atoms with Crippen LogP contribution in [0, 0.1) is 5.41 Å². The zero-order chi connectivity index (χ0) is 14.2. The molecule has 0 aliphatic rings. The van der Waals surface area contributed by atoms with Crippen LogP contribution >= 0.6 is 0 Å². The molecule has 0 saturated carbocycles. The predicted octanol–water partition coefficient (Wildman–Crippen LogP) is 2.50. The third-order valence-electron chi connectivity index (χ3n) is 2.88. The number of esters is 1.